The Balaban J connectivity index is 1.74. The summed E-state index contributed by atoms with van der Waals surface area (Å²) in [5.41, 5.74) is 9.27. The van der Waals surface area contributed by atoms with Crippen LogP contribution in [0.4, 0.5) is 0 Å². The van der Waals surface area contributed by atoms with Crippen LogP contribution in [-0.4, -0.2) is 39.6 Å². The molecule has 2 aliphatic rings. The highest BCUT2D eigenvalue weighted by Gasteiger charge is 2.40. The minimum atomic E-state index is -0.356. The highest BCUT2D eigenvalue weighted by atomic mass is 16.2. The molecule has 0 spiro atoms. The first kappa shape index (κ1) is 18.7. The second-order valence-electron chi connectivity index (χ2n) is 8.63. The lowest BCUT2D eigenvalue weighted by Crippen LogP contribution is -2.31. The molecular formula is C20H30N4O2. The maximum absolute atomic E-state index is 12.8. The number of carbonyl (C=O) groups is 2. The van der Waals surface area contributed by atoms with Crippen LogP contribution in [0.2, 0.25) is 0 Å². The number of likely N-dealkylation sites (tertiary alicyclic amines) is 1. The van der Waals surface area contributed by atoms with E-state index in [1.54, 1.807) is 21.9 Å². The summed E-state index contributed by atoms with van der Waals surface area (Å²) >= 11 is 0. The molecule has 0 radical (unpaired) electrons. The lowest BCUT2D eigenvalue weighted by atomic mass is 9.75. The van der Waals surface area contributed by atoms with E-state index in [1.165, 1.54) is 5.57 Å². The summed E-state index contributed by atoms with van der Waals surface area (Å²) in [6, 6.07) is 0. The van der Waals surface area contributed by atoms with E-state index in [-0.39, 0.29) is 23.7 Å². The van der Waals surface area contributed by atoms with Crippen molar-refractivity contribution in [1.29, 1.82) is 0 Å². The third kappa shape index (κ3) is 3.69. The molecule has 142 valence electrons. The molecule has 2 amide bonds. The molecule has 2 N–H and O–H groups in total. The van der Waals surface area contributed by atoms with E-state index in [2.05, 4.69) is 18.9 Å². The zero-order valence-electron chi connectivity index (χ0n) is 16.3. The fourth-order valence-corrected chi connectivity index (χ4v) is 4.13. The van der Waals surface area contributed by atoms with Crippen LogP contribution in [0.3, 0.4) is 0 Å². The summed E-state index contributed by atoms with van der Waals surface area (Å²) < 4.78 is 1.80. The molecule has 1 aliphatic carbocycles. The van der Waals surface area contributed by atoms with Crippen molar-refractivity contribution in [3.05, 3.63) is 29.1 Å². The fourth-order valence-electron chi connectivity index (χ4n) is 4.13. The number of hydrogen-bond donors (Lipinski definition) is 1. The van der Waals surface area contributed by atoms with Gasteiger partial charge in [-0.15, -0.1) is 0 Å². The van der Waals surface area contributed by atoms with Crippen molar-refractivity contribution < 1.29 is 9.59 Å². The van der Waals surface area contributed by atoms with Gasteiger partial charge in [-0.25, -0.2) is 0 Å². The summed E-state index contributed by atoms with van der Waals surface area (Å²) in [6.07, 6.45) is 7.80. The van der Waals surface area contributed by atoms with Gasteiger partial charge in [-0.2, -0.15) is 5.10 Å². The van der Waals surface area contributed by atoms with Gasteiger partial charge in [-0.1, -0.05) is 19.4 Å². The van der Waals surface area contributed by atoms with Gasteiger partial charge in [0.25, 0.3) is 0 Å². The molecule has 26 heavy (non-hydrogen) atoms. The molecule has 3 rings (SSSR count). The molecule has 1 saturated carbocycles. The van der Waals surface area contributed by atoms with Crippen LogP contribution in [0.25, 0.3) is 0 Å². The molecule has 0 aromatic carbocycles. The van der Waals surface area contributed by atoms with E-state index in [0.29, 0.717) is 18.5 Å². The number of carbonyl (C=O) groups excluding carboxylic acids is 2. The monoisotopic (exact) mass is 358 g/mol. The molecule has 6 heteroatoms. The molecule has 1 aromatic heterocycles. The predicted molar refractivity (Wildman–Crippen MR) is 100 cm³/mol. The van der Waals surface area contributed by atoms with Gasteiger partial charge in [0.15, 0.2) is 0 Å². The Labute approximate surface area is 155 Å². The van der Waals surface area contributed by atoms with Gasteiger partial charge >= 0.3 is 0 Å². The Morgan fingerprint density at radius 3 is 2.46 bits per heavy atom. The van der Waals surface area contributed by atoms with E-state index in [9.17, 15) is 9.59 Å². The first-order valence-electron chi connectivity index (χ1n) is 9.44. The normalized spacial score (nSPS) is 25.4. The summed E-state index contributed by atoms with van der Waals surface area (Å²) in [5, 5.41) is 4.28. The number of hydrogen-bond acceptors (Lipinski definition) is 3. The minimum absolute atomic E-state index is 0.00926. The van der Waals surface area contributed by atoms with E-state index in [4.69, 9.17) is 5.73 Å². The lowest BCUT2D eigenvalue weighted by Gasteiger charge is -2.30. The number of allylic oxidation sites excluding steroid dienone is 1. The lowest BCUT2D eigenvalue weighted by molar-refractivity contribution is -0.125. The molecule has 1 aliphatic heterocycles. The molecule has 2 fully saturated rings. The van der Waals surface area contributed by atoms with Gasteiger partial charge in [0.2, 0.25) is 11.8 Å². The van der Waals surface area contributed by atoms with Crippen LogP contribution in [0.5, 0.6) is 0 Å². The van der Waals surface area contributed by atoms with Crippen molar-refractivity contribution in [3.8, 4) is 0 Å². The molecule has 0 bridgehead atoms. The second-order valence-corrected chi connectivity index (χ2v) is 8.63. The number of aromatic nitrogens is 2. The number of aryl methyl sites for hydroxylation is 1. The Morgan fingerprint density at radius 2 is 1.92 bits per heavy atom. The number of rotatable bonds is 3. The number of nitrogens with zero attached hydrogens (tertiary/aromatic N) is 3. The van der Waals surface area contributed by atoms with Crippen LogP contribution in [0, 0.1) is 18.3 Å². The Bertz CT molecular complexity index is 735. The largest absolute Gasteiger partial charge is 0.369 e. The first-order chi connectivity index (χ1) is 12.2. The van der Waals surface area contributed by atoms with Crippen LogP contribution >= 0.6 is 0 Å². The summed E-state index contributed by atoms with van der Waals surface area (Å²) in [5.74, 6) is -0.769. The van der Waals surface area contributed by atoms with Crippen LogP contribution in [-0.2, 0) is 16.6 Å². The van der Waals surface area contributed by atoms with Gasteiger partial charge in [-0.3, -0.25) is 14.3 Å². The highest BCUT2D eigenvalue weighted by molar-refractivity contribution is 5.90. The Hall–Kier alpha value is -2.11. The highest BCUT2D eigenvalue weighted by Crippen LogP contribution is 2.38. The van der Waals surface area contributed by atoms with Gasteiger partial charge in [-0.05, 0) is 43.6 Å². The average molecular weight is 358 g/mol. The van der Waals surface area contributed by atoms with Crippen molar-refractivity contribution >= 4 is 11.8 Å². The Kier molecular flexibility index (Phi) is 4.95. The first-order valence-corrected chi connectivity index (χ1v) is 9.44. The van der Waals surface area contributed by atoms with E-state index >= 15 is 0 Å². The van der Waals surface area contributed by atoms with Gasteiger partial charge in [0.05, 0.1) is 12.1 Å². The molecular weight excluding hydrogens is 328 g/mol. The fraction of sp³-hybridized carbons (Fsp3) is 0.650. The second kappa shape index (κ2) is 6.89. The smallest absolute Gasteiger partial charge is 0.246 e. The zero-order chi connectivity index (χ0) is 19.1. The van der Waals surface area contributed by atoms with Crippen molar-refractivity contribution in [2.75, 3.05) is 13.1 Å². The third-order valence-electron chi connectivity index (χ3n) is 6.24. The van der Waals surface area contributed by atoms with Crippen LogP contribution in [0.1, 0.15) is 56.7 Å². The molecule has 0 unspecified atom stereocenters. The van der Waals surface area contributed by atoms with Crippen molar-refractivity contribution in [2.45, 2.75) is 52.4 Å². The van der Waals surface area contributed by atoms with E-state index in [0.717, 1.165) is 36.9 Å². The molecule has 2 atom stereocenters. The Morgan fingerprint density at radius 1 is 1.27 bits per heavy atom. The van der Waals surface area contributed by atoms with E-state index in [1.807, 2.05) is 14.0 Å². The van der Waals surface area contributed by atoms with Gasteiger partial charge in [0.1, 0.15) is 0 Å². The quantitative estimate of drug-likeness (QED) is 0.842. The third-order valence-corrected chi connectivity index (χ3v) is 6.24. The topological polar surface area (TPSA) is 81.2 Å². The molecule has 1 saturated heterocycles. The maximum Gasteiger partial charge on any atom is 0.246 e. The van der Waals surface area contributed by atoms with Crippen molar-refractivity contribution in [1.82, 2.24) is 14.7 Å². The SMILES string of the molecule is Cc1c([C@H]2CN(C(=O)C=C3CCC(C)(C)CC3)C[C@@H]2C(N)=O)cnn1C. The molecule has 2 heterocycles. The predicted octanol–water partition coefficient (Wildman–Crippen LogP) is 2.28. The molecule has 1 aromatic rings. The maximum atomic E-state index is 12.8. The summed E-state index contributed by atoms with van der Waals surface area (Å²) in [4.78, 5) is 26.5. The van der Waals surface area contributed by atoms with E-state index < -0.39 is 0 Å². The summed E-state index contributed by atoms with van der Waals surface area (Å²) in [6.45, 7) is 7.46. The van der Waals surface area contributed by atoms with Gasteiger partial charge < -0.3 is 10.6 Å². The van der Waals surface area contributed by atoms with Crippen LogP contribution < -0.4 is 5.73 Å². The minimum Gasteiger partial charge on any atom is -0.369 e. The molecule has 6 nitrogen and oxygen atoms in total. The number of primary amides is 1. The number of nitrogens with two attached hydrogens (primary N) is 1. The van der Waals surface area contributed by atoms with Crippen molar-refractivity contribution in [3.63, 3.8) is 0 Å². The standard InChI is InChI=1S/C20H30N4O2/c1-13-15(10-22-23(13)4)16-11-24(12-17(16)19(21)26)18(25)9-14-5-7-20(2,3)8-6-14/h9-10,16-17H,5-8,11-12H2,1-4H3,(H2,21,26)/t16-,17+/m1/s1. The zero-order valence-corrected chi connectivity index (χ0v) is 16.3. The summed E-state index contributed by atoms with van der Waals surface area (Å²) in [7, 11) is 1.88. The number of amides is 2. The van der Waals surface area contributed by atoms with Crippen molar-refractivity contribution in [2.24, 2.45) is 24.1 Å². The van der Waals surface area contributed by atoms with Gasteiger partial charge in [0, 0.05) is 37.8 Å². The average Bonchev–Trinajstić information content (AvgIpc) is 3.14. The van der Waals surface area contributed by atoms with Crippen LogP contribution in [0.15, 0.2) is 17.8 Å².